The number of aromatic amines is 2. The molecular formula is C21H13ClFN5O. The van der Waals surface area contributed by atoms with E-state index in [2.05, 4.69) is 25.1 Å². The van der Waals surface area contributed by atoms with Crippen LogP contribution in [0.2, 0.25) is 5.02 Å². The lowest BCUT2D eigenvalue weighted by atomic mass is 10.1. The number of H-pyrrole nitrogens is 2. The quantitative estimate of drug-likeness (QED) is 0.423. The van der Waals surface area contributed by atoms with Crippen molar-refractivity contribution in [3.63, 3.8) is 0 Å². The number of benzene rings is 2. The van der Waals surface area contributed by atoms with Crippen molar-refractivity contribution in [2.24, 2.45) is 0 Å². The summed E-state index contributed by atoms with van der Waals surface area (Å²) in [6.07, 6.45) is 3.49. The lowest BCUT2D eigenvalue weighted by Crippen LogP contribution is -2.05. The topological polar surface area (TPSA) is 87.3 Å². The maximum atomic E-state index is 13.3. The Morgan fingerprint density at radius 3 is 2.52 bits per heavy atom. The van der Waals surface area contributed by atoms with Crippen LogP contribution in [0, 0.1) is 5.82 Å². The van der Waals surface area contributed by atoms with Gasteiger partial charge in [0.1, 0.15) is 5.82 Å². The van der Waals surface area contributed by atoms with Crippen LogP contribution < -0.4 is 0 Å². The van der Waals surface area contributed by atoms with E-state index >= 15 is 0 Å². The van der Waals surface area contributed by atoms with E-state index in [0.29, 0.717) is 16.6 Å². The third kappa shape index (κ3) is 3.15. The molecule has 142 valence electrons. The van der Waals surface area contributed by atoms with E-state index in [0.717, 1.165) is 22.2 Å². The Kier molecular flexibility index (Phi) is 4.10. The van der Waals surface area contributed by atoms with Crippen LogP contribution >= 0.6 is 11.6 Å². The number of rotatable bonds is 4. The number of halogens is 2. The number of imidazole rings is 1. The zero-order valence-electron chi connectivity index (χ0n) is 14.9. The van der Waals surface area contributed by atoms with Crippen LogP contribution in [0.15, 0.2) is 54.9 Å². The van der Waals surface area contributed by atoms with E-state index < -0.39 is 5.82 Å². The largest absolute Gasteiger partial charge is 0.300 e. The van der Waals surface area contributed by atoms with Gasteiger partial charge in [0.15, 0.2) is 5.82 Å². The predicted molar refractivity (Wildman–Crippen MR) is 108 cm³/mol. The molecule has 0 atom stereocenters. The van der Waals surface area contributed by atoms with Gasteiger partial charge in [0.25, 0.3) is 0 Å². The number of Topliss-reactive ketones (excluding diaryl/α,β-unsaturated/α-hetero) is 1. The average Bonchev–Trinajstić information content (AvgIpc) is 3.33. The fourth-order valence-corrected chi connectivity index (χ4v) is 3.50. The number of aromatic nitrogens is 5. The van der Waals surface area contributed by atoms with Crippen molar-refractivity contribution in [1.82, 2.24) is 25.1 Å². The fraction of sp³-hybridized carbons (Fsp3) is 0.0476. The smallest absolute Gasteiger partial charge is 0.204 e. The molecule has 3 heterocycles. The van der Waals surface area contributed by atoms with E-state index in [1.54, 1.807) is 12.4 Å². The molecule has 5 rings (SSSR count). The molecule has 5 aromatic rings. The molecule has 0 fully saturated rings. The number of nitrogens with one attached hydrogen (secondary N) is 2. The second-order valence-corrected chi connectivity index (χ2v) is 7.05. The van der Waals surface area contributed by atoms with E-state index in [9.17, 15) is 9.18 Å². The molecule has 8 heteroatoms. The van der Waals surface area contributed by atoms with Gasteiger partial charge in [-0.05, 0) is 42.0 Å². The van der Waals surface area contributed by atoms with Crippen LogP contribution in [-0.4, -0.2) is 30.9 Å². The van der Waals surface area contributed by atoms with Crippen molar-refractivity contribution in [1.29, 1.82) is 0 Å². The summed E-state index contributed by atoms with van der Waals surface area (Å²) in [6, 6.07) is 11.8. The summed E-state index contributed by atoms with van der Waals surface area (Å²) in [4.78, 5) is 25.4. The zero-order valence-corrected chi connectivity index (χ0v) is 15.7. The van der Waals surface area contributed by atoms with Gasteiger partial charge in [-0.25, -0.2) is 14.4 Å². The van der Waals surface area contributed by atoms with Crippen LogP contribution in [0.25, 0.3) is 33.2 Å². The molecule has 6 nitrogen and oxygen atoms in total. The first-order valence-corrected chi connectivity index (χ1v) is 9.21. The molecule has 3 aromatic heterocycles. The van der Waals surface area contributed by atoms with Crippen LogP contribution in [-0.2, 0) is 6.42 Å². The number of nitrogens with zero attached hydrogens (tertiary/aromatic N) is 3. The van der Waals surface area contributed by atoms with E-state index in [4.69, 9.17) is 11.6 Å². The van der Waals surface area contributed by atoms with E-state index in [1.807, 2.05) is 24.3 Å². The van der Waals surface area contributed by atoms with Crippen molar-refractivity contribution in [3.8, 4) is 11.3 Å². The molecule has 0 saturated heterocycles. The molecule has 29 heavy (non-hydrogen) atoms. The van der Waals surface area contributed by atoms with Gasteiger partial charge in [-0.2, -0.15) is 0 Å². The highest BCUT2D eigenvalue weighted by Crippen LogP contribution is 2.29. The Labute approximate surface area is 168 Å². The first kappa shape index (κ1) is 17.5. The molecule has 0 radical (unpaired) electrons. The number of ketones is 1. The molecule has 2 aromatic carbocycles. The fourth-order valence-electron chi connectivity index (χ4n) is 3.30. The Morgan fingerprint density at radius 1 is 1.00 bits per heavy atom. The van der Waals surface area contributed by atoms with Gasteiger partial charge >= 0.3 is 0 Å². The second kappa shape index (κ2) is 6.79. The summed E-state index contributed by atoms with van der Waals surface area (Å²) >= 11 is 5.79. The van der Waals surface area contributed by atoms with Gasteiger partial charge in [-0.3, -0.25) is 14.9 Å². The minimum atomic E-state index is -0.518. The molecule has 0 aliphatic heterocycles. The van der Waals surface area contributed by atoms with Crippen molar-refractivity contribution >= 4 is 39.3 Å². The van der Waals surface area contributed by atoms with E-state index in [1.165, 1.54) is 18.2 Å². The second-order valence-electron chi connectivity index (χ2n) is 6.64. The summed E-state index contributed by atoms with van der Waals surface area (Å²) in [5.74, 6) is -0.647. The standard InChI is InChI=1S/C21H13ClFN5O/c22-14-7-11(1-2-15(14)23)8-19(29)21-25-17-9-13-16(10-18(17)26-21)27-28-20(13)12-3-5-24-6-4-12/h1-7,9-10,27-28H,8H2. The molecule has 2 N–H and O–H groups in total. The van der Waals surface area contributed by atoms with Gasteiger partial charge < -0.3 is 5.10 Å². The monoisotopic (exact) mass is 405 g/mol. The molecule has 0 saturated carbocycles. The number of hydrogen-bond acceptors (Lipinski definition) is 4. The highest BCUT2D eigenvalue weighted by Gasteiger charge is 2.16. The molecular weight excluding hydrogens is 393 g/mol. The number of pyridine rings is 1. The molecule has 0 unspecified atom stereocenters. The van der Waals surface area contributed by atoms with Gasteiger partial charge in [-0.15, -0.1) is 0 Å². The SMILES string of the molecule is O=C(Cc1ccc(F)c(Cl)c1)c1nc2cc3[nH][nH]c(-c4ccncc4)c3cc2n1. The number of hydrogen-bond donors (Lipinski definition) is 2. The summed E-state index contributed by atoms with van der Waals surface area (Å²) < 4.78 is 13.3. The van der Waals surface area contributed by atoms with Crippen LogP contribution in [0.1, 0.15) is 16.2 Å². The molecule has 0 aliphatic rings. The number of fused-ring (bicyclic) bond motifs is 2. The third-order valence-electron chi connectivity index (χ3n) is 4.73. The van der Waals surface area contributed by atoms with Crippen LogP contribution in [0.4, 0.5) is 4.39 Å². The minimum absolute atomic E-state index is 0.0157. The Morgan fingerprint density at radius 2 is 1.76 bits per heavy atom. The predicted octanol–water partition coefficient (Wildman–Crippen LogP) is 4.72. The van der Waals surface area contributed by atoms with Crippen molar-refractivity contribution in [3.05, 3.63) is 77.1 Å². The Hall–Kier alpha value is -3.58. The van der Waals surface area contributed by atoms with Gasteiger partial charge in [0, 0.05) is 29.8 Å². The minimum Gasteiger partial charge on any atom is -0.300 e. The van der Waals surface area contributed by atoms with Gasteiger partial charge in [0.05, 0.1) is 27.3 Å². The summed E-state index contributed by atoms with van der Waals surface area (Å²) in [5.41, 5.74) is 4.59. The number of carbonyl (C=O) groups is 1. The number of carbonyl (C=O) groups excluding carboxylic acids is 1. The van der Waals surface area contributed by atoms with Crippen molar-refractivity contribution in [2.45, 2.75) is 6.42 Å². The first-order chi connectivity index (χ1) is 14.1. The summed E-state index contributed by atoms with van der Waals surface area (Å²) in [5, 5.41) is 7.20. The van der Waals surface area contributed by atoms with E-state index in [-0.39, 0.29) is 23.1 Å². The maximum absolute atomic E-state index is 13.3. The highest BCUT2D eigenvalue weighted by molar-refractivity contribution is 6.30. The lowest BCUT2D eigenvalue weighted by molar-refractivity contribution is 0.0984. The molecule has 0 bridgehead atoms. The first-order valence-electron chi connectivity index (χ1n) is 8.84. The van der Waals surface area contributed by atoms with Crippen molar-refractivity contribution in [2.75, 3.05) is 0 Å². The molecule has 0 aliphatic carbocycles. The average molecular weight is 406 g/mol. The normalized spacial score (nSPS) is 11.4. The Balaban J connectivity index is 1.51. The van der Waals surface area contributed by atoms with Crippen LogP contribution in [0.3, 0.4) is 0 Å². The van der Waals surface area contributed by atoms with Gasteiger partial charge in [0.2, 0.25) is 5.78 Å². The molecule has 0 spiro atoms. The maximum Gasteiger partial charge on any atom is 0.204 e. The Bertz CT molecular complexity index is 1380. The molecule has 0 amide bonds. The van der Waals surface area contributed by atoms with Crippen LogP contribution in [0.5, 0.6) is 0 Å². The third-order valence-corrected chi connectivity index (χ3v) is 5.02. The van der Waals surface area contributed by atoms with Crippen molar-refractivity contribution < 1.29 is 9.18 Å². The zero-order chi connectivity index (χ0) is 20.0. The lowest BCUT2D eigenvalue weighted by Gasteiger charge is -2.00. The summed E-state index contributed by atoms with van der Waals surface area (Å²) in [7, 11) is 0. The summed E-state index contributed by atoms with van der Waals surface area (Å²) in [6.45, 7) is 0. The van der Waals surface area contributed by atoms with Gasteiger partial charge in [-0.1, -0.05) is 17.7 Å². The highest BCUT2D eigenvalue weighted by atomic mass is 35.5.